The van der Waals surface area contributed by atoms with Gasteiger partial charge in [0.25, 0.3) is 0 Å². The Kier molecular flexibility index (Phi) is 5.19. The lowest BCUT2D eigenvalue weighted by Gasteiger charge is -2.18. The van der Waals surface area contributed by atoms with Gasteiger partial charge in [0, 0.05) is 5.75 Å². The highest BCUT2D eigenvalue weighted by Gasteiger charge is 2.20. The zero-order valence-electron chi connectivity index (χ0n) is 9.56. The Bertz CT molecular complexity index is 371. The van der Waals surface area contributed by atoms with Gasteiger partial charge >= 0.3 is 0 Å². The Hall–Kier alpha value is -0.640. The Labute approximate surface area is 104 Å². The molecule has 0 radical (unpaired) electrons. The molecule has 4 nitrogen and oxygen atoms in total. The molecule has 1 aromatic heterocycles. The molecule has 0 aliphatic rings. The fraction of sp³-hybridized carbons (Fsp3) is 0.700. The molecule has 2 N–H and O–H groups in total. The molecule has 0 aromatic carbocycles. The van der Waals surface area contributed by atoms with Gasteiger partial charge < -0.3 is 5.73 Å². The maximum atomic E-state index is 8.90. The topological polar surface area (TPSA) is 75.6 Å². The highest BCUT2D eigenvalue weighted by atomic mass is 32.2. The molecule has 0 spiro atoms. The summed E-state index contributed by atoms with van der Waals surface area (Å²) in [5.74, 6) is 0.940. The van der Waals surface area contributed by atoms with Gasteiger partial charge in [-0.1, -0.05) is 30.0 Å². The van der Waals surface area contributed by atoms with Crippen LogP contribution in [0.2, 0.25) is 0 Å². The second kappa shape index (κ2) is 6.18. The van der Waals surface area contributed by atoms with Crippen LogP contribution in [0.25, 0.3) is 0 Å². The summed E-state index contributed by atoms with van der Waals surface area (Å²) in [6.45, 7) is 3.89. The SMILES string of the molecule is CCC(N)(C#N)CCCSc1nnc(C)s1. The van der Waals surface area contributed by atoms with Crippen LogP contribution in [0.4, 0.5) is 0 Å². The molecule has 0 aliphatic carbocycles. The van der Waals surface area contributed by atoms with Gasteiger partial charge in [-0.05, 0) is 26.2 Å². The van der Waals surface area contributed by atoms with Crippen molar-refractivity contribution in [2.75, 3.05) is 5.75 Å². The van der Waals surface area contributed by atoms with Crippen LogP contribution in [0.1, 0.15) is 31.2 Å². The molecule has 1 atom stereocenters. The highest BCUT2D eigenvalue weighted by Crippen LogP contribution is 2.24. The van der Waals surface area contributed by atoms with Gasteiger partial charge in [-0.15, -0.1) is 10.2 Å². The van der Waals surface area contributed by atoms with Crippen LogP contribution in [0.3, 0.4) is 0 Å². The molecule has 0 bridgehead atoms. The van der Waals surface area contributed by atoms with Crippen LogP contribution in [0.15, 0.2) is 4.34 Å². The normalized spacial score (nSPS) is 14.4. The van der Waals surface area contributed by atoms with Crippen molar-refractivity contribution in [3.63, 3.8) is 0 Å². The van der Waals surface area contributed by atoms with Crippen LogP contribution in [0, 0.1) is 18.3 Å². The van der Waals surface area contributed by atoms with Crippen LogP contribution in [-0.2, 0) is 0 Å². The molecule has 0 fully saturated rings. The van der Waals surface area contributed by atoms with E-state index in [1.165, 1.54) is 0 Å². The van der Waals surface area contributed by atoms with Crippen molar-refractivity contribution in [2.45, 2.75) is 43.0 Å². The first-order valence-electron chi connectivity index (χ1n) is 5.22. The predicted molar refractivity (Wildman–Crippen MR) is 67.4 cm³/mol. The molecule has 1 unspecified atom stereocenters. The number of nitrogens with two attached hydrogens (primary N) is 1. The van der Waals surface area contributed by atoms with E-state index in [1.807, 2.05) is 13.8 Å². The van der Waals surface area contributed by atoms with Crippen molar-refractivity contribution >= 4 is 23.1 Å². The Morgan fingerprint density at radius 1 is 1.56 bits per heavy atom. The first-order chi connectivity index (χ1) is 7.59. The van der Waals surface area contributed by atoms with Gasteiger partial charge in [-0.3, -0.25) is 0 Å². The molecular formula is C10H16N4S2. The van der Waals surface area contributed by atoms with Crippen LogP contribution < -0.4 is 5.73 Å². The van der Waals surface area contributed by atoms with E-state index in [0.29, 0.717) is 6.42 Å². The van der Waals surface area contributed by atoms with E-state index in [9.17, 15) is 0 Å². The van der Waals surface area contributed by atoms with Crippen molar-refractivity contribution in [2.24, 2.45) is 5.73 Å². The Morgan fingerprint density at radius 2 is 2.31 bits per heavy atom. The number of nitrogens with zero attached hydrogens (tertiary/aromatic N) is 3. The fourth-order valence-corrected chi connectivity index (χ4v) is 3.02. The molecule has 1 rings (SSSR count). The molecule has 6 heteroatoms. The van der Waals surface area contributed by atoms with E-state index in [4.69, 9.17) is 11.0 Å². The number of nitriles is 1. The maximum absolute atomic E-state index is 8.90. The summed E-state index contributed by atoms with van der Waals surface area (Å²) >= 11 is 3.28. The van der Waals surface area contributed by atoms with Gasteiger partial charge in [-0.2, -0.15) is 5.26 Å². The first kappa shape index (κ1) is 13.4. The van der Waals surface area contributed by atoms with E-state index in [-0.39, 0.29) is 0 Å². The van der Waals surface area contributed by atoms with Gasteiger partial charge in [0.15, 0.2) is 4.34 Å². The van der Waals surface area contributed by atoms with Crippen molar-refractivity contribution in [3.8, 4) is 6.07 Å². The molecule has 88 valence electrons. The zero-order valence-corrected chi connectivity index (χ0v) is 11.2. The lowest BCUT2D eigenvalue weighted by molar-refractivity contribution is 0.478. The quantitative estimate of drug-likeness (QED) is 0.624. The Morgan fingerprint density at radius 3 is 2.81 bits per heavy atom. The zero-order chi connectivity index (χ0) is 12.0. The molecule has 0 amide bonds. The molecule has 0 saturated carbocycles. The maximum Gasteiger partial charge on any atom is 0.174 e. The number of rotatable bonds is 6. The molecule has 0 saturated heterocycles. The lowest BCUT2D eigenvalue weighted by Crippen LogP contribution is -2.37. The van der Waals surface area contributed by atoms with Crippen molar-refractivity contribution in [3.05, 3.63) is 5.01 Å². The van der Waals surface area contributed by atoms with Crippen molar-refractivity contribution in [1.82, 2.24) is 10.2 Å². The minimum Gasteiger partial charge on any atom is -0.313 e. The second-order valence-electron chi connectivity index (χ2n) is 3.66. The van der Waals surface area contributed by atoms with E-state index in [0.717, 1.165) is 27.9 Å². The average molecular weight is 256 g/mol. The number of aromatic nitrogens is 2. The van der Waals surface area contributed by atoms with E-state index in [1.54, 1.807) is 23.1 Å². The number of hydrogen-bond donors (Lipinski definition) is 1. The predicted octanol–water partition coefficient (Wildman–Crippen LogP) is 2.35. The number of hydrogen-bond acceptors (Lipinski definition) is 6. The van der Waals surface area contributed by atoms with Gasteiger partial charge in [0.05, 0.1) is 6.07 Å². The lowest BCUT2D eigenvalue weighted by atomic mass is 9.94. The summed E-state index contributed by atoms with van der Waals surface area (Å²) < 4.78 is 0.994. The molecular weight excluding hydrogens is 240 g/mol. The highest BCUT2D eigenvalue weighted by molar-refractivity contribution is 8.01. The number of aryl methyl sites for hydroxylation is 1. The van der Waals surface area contributed by atoms with E-state index in [2.05, 4.69) is 16.3 Å². The smallest absolute Gasteiger partial charge is 0.174 e. The third-order valence-electron chi connectivity index (χ3n) is 2.35. The second-order valence-corrected chi connectivity index (χ2v) is 6.18. The third-order valence-corrected chi connectivity index (χ3v) is 4.41. The monoisotopic (exact) mass is 256 g/mol. The van der Waals surface area contributed by atoms with Gasteiger partial charge in [0.1, 0.15) is 10.5 Å². The minimum absolute atomic E-state index is 0.655. The first-order valence-corrected chi connectivity index (χ1v) is 7.03. The van der Waals surface area contributed by atoms with Crippen LogP contribution in [-0.4, -0.2) is 21.5 Å². The van der Waals surface area contributed by atoms with Gasteiger partial charge in [0.2, 0.25) is 0 Å². The summed E-state index contributed by atoms with van der Waals surface area (Å²) in [4.78, 5) is 0. The summed E-state index contributed by atoms with van der Waals surface area (Å²) in [5.41, 5.74) is 5.23. The van der Waals surface area contributed by atoms with Crippen LogP contribution >= 0.6 is 23.1 Å². The standard InChI is InChI=1S/C10H16N4S2/c1-3-10(12,7-11)5-4-6-15-9-14-13-8(2)16-9/h3-6,12H2,1-2H3. The Balaban J connectivity index is 2.24. The molecule has 1 aromatic rings. The summed E-state index contributed by atoms with van der Waals surface area (Å²) in [5, 5.41) is 17.9. The summed E-state index contributed by atoms with van der Waals surface area (Å²) in [6, 6.07) is 2.17. The summed E-state index contributed by atoms with van der Waals surface area (Å²) in [7, 11) is 0. The van der Waals surface area contributed by atoms with E-state index >= 15 is 0 Å². The molecule has 0 aliphatic heterocycles. The van der Waals surface area contributed by atoms with E-state index < -0.39 is 5.54 Å². The van der Waals surface area contributed by atoms with Crippen molar-refractivity contribution in [1.29, 1.82) is 5.26 Å². The third kappa shape index (κ3) is 4.08. The largest absolute Gasteiger partial charge is 0.313 e. The van der Waals surface area contributed by atoms with Gasteiger partial charge in [-0.25, -0.2) is 0 Å². The molecule has 16 heavy (non-hydrogen) atoms. The number of thioether (sulfide) groups is 1. The fourth-order valence-electron chi connectivity index (χ4n) is 1.20. The minimum atomic E-state index is -0.655. The molecule has 1 heterocycles. The average Bonchev–Trinajstić information content (AvgIpc) is 2.70. The van der Waals surface area contributed by atoms with Crippen molar-refractivity contribution < 1.29 is 0 Å². The van der Waals surface area contributed by atoms with Crippen LogP contribution in [0.5, 0.6) is 0 Å². The summed E-state index contributed by atoms with van der Waals surface area (Å²) in [6.07, 6.45) is 2.37.